The first-order valence-corrected chi connectivity index (χ1v) is 14.0. The lowest BCUT2D eigenvalue weighted by atomic mass is 10.2. The van der Waals surface area contributed by atoms with Gasteiger partial charge in [-0.15, -0.1) is 10.2 Å². The molecule has 0 unspecified atom stereocenters. The van der Waals surface area contributed by atoms with Gasteiger partial charge in [0.25, 0.3) is 0 Å². The van der Waals surface area contributed by atoms with Gasteiger partial charge in [0.1, 0.15) is 0 Å². The number of aromatic amines is 1. The molecule has 0 aliphatic rings. The summed E-state index contributed by atoms with van der Waals surface area (Å²) in [6.07, 6.45) is -8.02. The molecule has 0 spiro atoms. The highest BCUT2D eigenvalue weighted by Crippen LogP contribution is 2.39. The Labute approximate surface area is 276 Å². The molecule has 2 aromatic heterocycles. The summed E-state index contributed by atoms with van der Waals surface area (Å²) in [6, 6.07) is 3.99. The number of ether oxygens (including phenoxy) is 2. The number of carbonyl (C=O) groups is 1. The first-order valence-electron chi connectivity index (χ1n) is 13.2. The Balaban J connectivity index is 0.000000298. The fraction of sp³-hybridized carbons (Fsp3) is 0.286. The van der Waals surface area contributed by atoms with E-state index in [1.807, 2.05) is 0 Å². The van der Waals surface area contributed by atoms with Gasteiger partial charge in [0, 0.05) is 30.9 Å². The number of nitrogens with zero attached hydrogens (tertiary/aromatic N) is 4. The van der Waals surface area contributed by atoms with Crippen LogP contribution in [0.1, 0.15) is 36.4 Å². The van der Waals surface area contributed by atoms with E-state index in [0.717, 1.165) is 4.68 Å². The second-order valence-electron chi connectivity index (χ2n) is 9.06. The van der Waals surface area contributed by atoms with Gasteiger partial charge in [-0.3, -0.25) is 5.10 Å². The minimum Gasteiger partial charge on any atom is -0.433 e. The average Bonchev–Trinajstić information content (AvgIpc) is 3.57. The van der Waals surface area contributed by atoms with Gasteiger partial charge >= 0.3 is 18.4 Å². The molecular formula is C28H24Cl2F8N6O4. The molecule has 0 aliphatic heterocycles. The number of aromatic nitrogens is 4. The number of carbonyl (C=O) groups excluding carboxylic acids is 2. The third-order valence-electron chi connectivity index (χ3n) is 5.35. The number of halogens is 10. The van der Waals surface area contributed by atoms with Crippen LogP contribution in [-0.4, -0.2) is 45.2 Å². The standard InChI is InChI=1S/C14H12ClF4N3O2.C11H7ClF4N2O.C3H5NO/c1-3-20-13(23)22-7(2)4-11(21-22)24-12-9(15)5-8(6-10(12)16)14(17,18)19;1-5-2-9(18-17-5)19-10-7(12)3-6(4-8(10)13)11(14,15)16;1-2-4-3-5/h4-6H,3H2,1-2H3,(H,20,23);2-4H,1H3,(H,17,18);2H2,1H3. The highest BCUT2D eigenvalue weighted by Gasteiger charge is 2.34. The zero-order valence-corrected chi connectivity index (χ0v) is 26.6. The van der Waals surface area contributed by atoms with E-state index in [1.165, 1.54) is 18.2 Å². The monoisotopic (exact) mass is 730 g/mol. The average molecular weight is 731 g/mol. The van der Waals surface area contributed by atoms with Gasteiger partial charge in [0.2, 0.25) is 17.8 Å². The van der Waals surface area contributed by atoms with Crippen molar-refractivity contribution in [3.05, 3.63) is 80.6 Å². The van der Waals surface area contributed by atoms with Crippen LogP contribution in [-0.2, 0) is 17.1 Å². The van der Waals surface area contributed by atoms with Crippen LogP contribution in [0.25, 0.3) is 0 Å². The van der Waals surface area contributed by atoms with Crippen LogP contribution in [0.15, 0.2) is 41.4 Å². The van der Waals surface area contributed by atoms with Gasteiger partial charge in [-0.2, -0.15) is 31.0 Å². The molecule has 10 nitrogen and oxygen atoms in total. The molecule has 0 atom stereocenters. The molecule has 0 fully saturated rings. The maximum absolute atomic E-state index is 13.9. The Bertz CT molecular complexity index is 1720. The van der Waals surface area contributed by atoms with Crippen molar-refractivity contribution in [1.29, 1.82) is 0 Å². The Kier molecular flexibility index (Phi) is 13.9. The summed E-state index contributed by atoms with van der Waals surface area (Å²) < 4.78 is 114. The molecule has 1 amide bonds. The number of benzene rings is 2. The van der Waals surface area contributed by atoms with E-state index in [1.54, 1.807) is 27.7 Å². The van der Waals surface area contributed by atoms with Crippen LogP contribution in [0.2, 0.25) is 10.0 Å². The van der Waals surface area contributed by atoms with Crippen molar-refractivity contribution in [3.8, 4) is 23.3 Å². The smallest absolute Gasteiger partial charge is 0.416 e. The fourth-order valence-electron chi connectivity index (χ4n) is 3.29. The summed E-state index contributed by atoms with van der Waals surface area (Å²) in [5.41, 5.74) is -1.38. The molecule has 2 heterocycles. The lowest BCUT2D eigenvalue weighted by molar-refractivity contribution is -0.138. The predicted molar refractivity (Wildman–Crippen MR) is 156 cm³/mol. The van der Waals surface area contributed by atoms with E-state index in [4.69, 9.17) is 37.5 Å². The number of amides is 1. The SMILES string of the molecule is CCN=C=O.CCNC(=O)n1nc(Oc2c(F)cc(C(F)(F)F)cc2Cl)cc1C.Cc1cc(Oc2c(F)cc(C(F)(F)F)cc2Cl)n[nH]1. The highest BCUT2D eigenvalue weighted by molar-refractivity contribution is 6.32. The number of hydrogen-bond donors (Lipinski definition) is 2. The van der Waals surface area contributed by atoms with E-state index in [2.05, 4.69) is 25.6 Å². The summed E-state index contributed by atoms with van der Waals surface area (Å²) in [4.78, 5) is 24.0. The molecule has 0 radical (unpaired) electrons. The second kappa shape index (κ2) is 16.9. The molecule has 4 aromatic rings. The molecule has 0 saturated heterocycles. The number of hydrogen-bond acceptors (Lipinski definition) is 7. The molecule has 0 bridgehead atoms. The molecule has 0 aliphatic carbocycles. The third kappa shape index (κ3) is 11.2. The van der Waals surface area contributed by atoms with Gasteiger partial charge < -0.3 is 14.8 Å². The minimum atomic E-state index is -4.74. The quantitative estimate of drug-likeness (QED) is 0.116. The summed E-state index contributed by atoms with van der Waals surface area (Å²) in [5, 5.41) is 11.5. The van der Waals surface area contributed by atoms with Gasteiger partial charge in [-0.25, -0.2) is 23.4 Å². The second-order valence-corrected chi connectivity index (χ2v) is 9.88. The first-order chi connectivity index (χ1) is 22.3. The lowest BCUT2D eigenvalue weighted by Gasteiger charge is -2.11. The summed E-state index contributed by atoms with van der Waals surface area (Å²) in [6.45, 7) is 7.65. The number of aliphatic imine (C=N–C) groups is 1. The van der Waals surface area contributed by atoms with Crippen LogP contribution in [0.3, 0.4) is 0 Å². The highest BCUT2D eigenvalue weighted by atomic mass is 35.5. The first kappa shape index (κ1) is 39.5. The zero-order valence-electron chi connectivity index (χ0n) is 25.1. The summed E-state index contributed by atoms with van der Waals surface area (Å²) in [5.74, 6) is -3.77. The lowest BCUT2D eigenvalue weighted by Crippen LogP contribution is -2.29. The minimum absolute atomic E-state index is 0.0121. The molecule has 260 valence electrons. The van der Waals surface area contributed by atoms with Gasteiger partial charge in [-0.05, 0) is 52.0 Å². The number of H-pyrrole nitrogens is 1. The molecule has 48 heavy (non-hydrogen) atoms. The van der Waals surface area contributed by atoms with E-state index >= 15 is 0 Å². The van der Waals surface area contributed by atoms with Crippen molar-refractivity contribution in [2.75, 3.05) is 13.1 Å². The van der Waals surface area contributed by atoms with E-state index < -0.39 is 62.7 Å². The van der Waals surface area contributed by atoms with E-state index in [0.29, 0.717) is 42.7 Å². The van der Waals surface area contributed by atoms with Crippen molar-refractivity contribution in [2.45, 2.75) is 40.0 Å². The summed E-state index contributed by atoms with van der Waals surface area (Å²) >= 11 is 11.3. The van der Waals surface area contributed by atoms with Crippen molar-refractivity contribution >= 4 is 35.3 Å². The number of alkyl halides is 6. The largest absolute Gasteiger partial charge is 0.433 e. The van der Waals surface area contributed by atoms with Crippen LogP contribution in [0.5, 0.6) is 23.3 Å². The Morgan fingerprint density at radius 3 is 1.75 bits per heavy atom. The molecular weight excluding hydrogens is 707 g/mol. The van der Waals surface area contributed by atoms with E-state index in [9.17, 15) is 39.9 Å². The van der Waals surface area contributed by atoms with E-state index in [-0.39, 0.29) is 17.8 Å². The van der Waals surface area contributed by atoms with Crippen LogP contribution < -0.4 is 14.8 Å². The predicted octanol–water partition coefficient (Wildman–Crippen LogP) is 9.04. The number of rotatable bonds is 6. The van der Waals surface area contributed by atoms with Crippen LogP contribution in [0, 0.1) is 25.5 Å². The molecule has 20 heteroatoms. The number of isocyanates is 1. The van der Waals surface area contributed by atoms with Crippen LogP contribution in [0.4, 0.5) is 39.9 Å². The van der Waals surface area contributed by atoms with Gasteiger partial charge in [0.05, 0.1) is 26.9 Å². The summed E-state index contributed by atoms with van der Waals surface area (Å²) in [7, 11) is 0. The van der Waals surface area contributed by atoms with Crippen molar-refractivity contribution in [3.63, 3.8) is 0 Å². The van der Waals surface area contributed by atoms with Crippen molar-refractivity contribution in [1.82, 2.24) is 25.3 Å². The number of aryl methyl sites for hydroxylation is 2. The molecule has 2 aromatic carbocycles. The Morgan fingerprint density at radius 1 is 0.896 bits per heavy atom. The Morgan fingerprint density at radius 2 is 1.40 bits per heavy atom. The molecule has 2 N–H and O–H groups in total. The zero-order chi connectivity index (χ0) is 36.4. The topological polar surface area (TPSA) is 123 Å². The number of nitrogens with one attached hydrogen (secondary N) is 2. The Hall–Kier alpha value is -4.67. The van der Waals surface area contributed by atoms with Gasteiger partial charge in [-0.1, -0.05) is 23.2 Å². The van der Waals surface area contributed by atoms with Crippen LogP contribution >= 0.6 is 23.2 Å². The maximum Gasteiger partial charge on any atom is 0.416 e. The third-order valence-corrected chi connectivity index (χ3v) is 5.92. The fourth-order valence-corrected chi connectivity index (χ4v) is 3.78. The van der Waals surface area contributed by atoms with Gasteiger partial charge in [0.15, 0.2) is 23.1 Å². The normalized spacial score (nSPS) is 11.0. The van der Waals surface area contributed by atoms with Crippen molar-refractivity contribution in [2.24, 2.45) is 4.99 Å². The molecule has 4 rings (SSSR count). The maximum atomic E-state index is 13.9. The van der Waals surface area contributed by atoms with Crippen molar-refractivity contribution < 1.29 is 54.2 Å². The molecule has 0 saturated carbocycles.